The zero-order chi connectivity index (χ0) is 15.2. The number of benzene rings is 1. The van der Waals surface area contributed by atoms with E-state index in [4.69, 9.17) is 4.74 Å². The van der Waals surface area contributed by atoms with Gasteiger partial charge < -0.3 is 10.1 Å². The molecule has 0 fully saturated rings. The molecule has 0 bridgehead atoms. The quantitative estimate of drug-likeness (QED) is 0.733. The van der Waals surface area contributed by atoms with Crippen LogP contribution in [0.2, 0.25) is 0 Å². The van der Waals surface area contributed by atoms with Gasteiger partial charge in [0.1, 0.15) is 5.75 Å². The van der Waals surface area contributed by atoms with Crippen molar-refractivity contribution in [1.82, 2.24) is 5.32 Å². The Kier molecular flexibility index (Phi) is 6.27. The van der Waals surface area contributed by atoms with Gasteiger partial charge in [0, 0.05) is 10.9 Å². The molecule has 1 heterocycles. The van der Waals surface area contributed by atoms with E-state index in [2.05, 4.69) is 59.4 Å². The first-order valence-corrected chi connectivity index (χ1v) is 8.87. The van der Waals surface area contributed by atoms with Crippen molar-refractivity contribution >= 4 is 27.3 Å². The second-order valence-electron chi connectivity index (χ2n) is 5.17. The lowest BCUT2D eigenvalue weighted by molar-refractivity contribution is 0.414. The van der Waals surface area contributed by atoms with Crippen LogP contribution in [0, 0.1) is 6.92 Å². The maximum Gasteiger partial charge on any atom is 0.119 e. The summed E-state index contributed by atoms with van der Waals surface area (Å²) < 4.78 is 6.55. The summed E-state index contributed by atoms with van der Waals surface area (Å²) in [6.45, 7) is 5.38. The molecule has 1 aromatic carbocycles. The van der Waals surface area contributed by atoms with Gasteiger partial charge in [0.25, 0.3) is 0 Å². The van der Waals surface area contributed by atoms with E-state index in [1.807, 2.05) is 17.4 Å². The maximum atomic E-state index is 5.32. The van der Waals surface area contributed by atoms with E-state index in [-0.39, 0.29) is 0 Å². The van der Waals surface area contributed by atoms with E-state index in [0.29, 0.717) is 6.04 Å². The van der Waals surface area contributed by atoms with Gasteiger partial charge in [-0.15, -0.1) is 11.3 Å². The number of thiophene rings is 1. The molecule has 114 valence electrons. The molecule has 0 amide bonds. The van der Waals surface area contributed by atoms with Gasteiger partial charge in [0.2, 0.25) is 0 Å². The molecule has 0 radical (unpaired) electrons. The summed E-state index contributed by atoms with van der Waals surface area (Å²) in [5.41, 5.74) is 2.61. The Labute approximate surface area is 139 Å². The number of aryl methyl sites for hydroxylation is 1. The van der Waals surface area contributed by atoms with E-state index in [1.54, 1.807) is 7.11 Å². The highest BCUT2D eigenvalue weighted by Crippen LogP contribution is 2.33. The normalized spacial score (nSPS) is 12.4. The number of hydrogen-bond acceptors (Lipinski definition) is 3. The first-order valence-electron chi connectivity index (χ1n) is 7.26. The highest BCUT2D eigenvalue weighted by atomic mass is 79.9. The van der Waals surface area contributed by atoms with E-state index in [9.17, 15) is 0 Å². The fourth-order valence-electron chi connectivity index (χ4n) is 2.28. The van der Waals surface area contributed by atoms with Gasteiger partial charge >= 0.3 is 0 Å². The first kappa shape index (κ1) is 16.5. The molecule has 0 aliphatic rings. The Balaban J connectivity index is 2.19. The Morgan fingerprint density at radius 1 is 1.33 bits per heavy atom. The maximum absolute atomic E-state index is 5.32. The van der Waals surface area contributed by atoms with Crippen LogP contribution in [0.4, 0.5) is 0 Å². The number of ether oxygens (including phenoxy) is 1. The molecule has 0 saturated carbocycles. The molecule has 2 aromatic rings. The highest BCUT2D eigenvalue weighted by molar-refractivity contribution is 9.11. The van der Waals surface area contributed by atoms with Gasteiger partial charge in [-0.2, -0.15) is 0 Å². The van der Waals surface area contributed by atoms with Gasteiger partial charge in [-0.1, -0.05) is 19.1 Å². The molecule has 2 nitrogen and oxygen atoms in total. The number of methoxy groups -OCH3 is 1. The van der Waals surface area contributed by atoms with Crippen molar-refractivity contribution in [3.05, 3.63) is 50.1 Å². The molecule has 0 saturated heterocycles. The van der Waals surface area contributed by atoms with Crippen LogP contribution >= 0.6 is 27.3 Å². The standard InChI is InChI=1S/C17H22BrNOS/c1-4-8-19-15(16-9-12(2)17(18)21-16)11-13-6-5-7-14(10-13)20-3/h5-7,9-10,15,19H,4,8,11H2,1-3H3. The second kappa shape index (κ2) is 7.97. The largest absolute Gasteiger partial charge is 0.497 e. The molecule has 1 aromatic heterocycles. The molecule has 1 N–H and O–H groups in total. The third-order valence-corrected chi connectivity index (χ3v) is 5.68. The van der Waals surface area contributed by atoms with Crippen molar-refractivity contribution < 1.29 is 4.74 Å². The summed E-state index contributed by atoms with van der Waals surface area (Å²) in [5, 5.41) is 3.66. The number of rotatable bonds is 7. The zero-order valence-corrected chi connectivity index (χ0v) is 15.2. The van der Waals surface area contributed by atoms with Gasteiger partial charge in [0.05, 0.1) is 10.9 Å². The van der Waals surface area contributed by atoms with Crippen molar-refractivity contribution in [1.29, 1.82) is 0 Å². The van der Waals surface area contributed by atoms with Crippen molar-refractivity contribution in [3.8, 4) is 5.75 Å². The fraction of sp³-hybridized carbons (Fsp3) is 0.412. The van der Waals surface area contributed by atoms with Gasteiger partial charge in [-0.3, -0.25) is 0 Å². The molecule has 0 spiro atoms. The van der Waals surface area contributed by atoms with Crippen LogP contribution in [0.5, 0.6) is 5.75 Å². The Morgan fingerprint density at radius 3 is 2.76 bits per heavy atom. The summed E-state index contributed by atoms with van der Waals surface area (Å²) >= 11 is 5.46. The van der Waals surface area contributed by atoms with Crippen LogP contribution in [0.15, 0.2) is 34.1 Å². The van der Waals surface area contributed by atoms with Crippen molar-refractivity contribution in [2.45, 2.75) is 32.7 Å². The molecule has 0 aliphatic heterocycles. The van der Waals surface area contributed by atoms with Crippen molar-refractivity contribution in [3.63, 3.8) is 0 Å². The SMILES string of the molecule is CCCNC(Cc1cccc(OC)c1)c1cc(C)c(Br)s1. The summed E-state index contributed by atoms with van der Waals surface area (Å²) in [6.07, 6.45) is 2.11. The van der Waals surface area contributed by atoms with Crippen molar-refractivity contribution in [2.75, 3.05) is 13.7 Å². The fourth-order valence-corrected chi connectivity index (χ4v) is 3.93. The zero-order valence-electron chi connectivity index (χ0n) is 12.8. The van der Waals surface area contributed by atoms with E-state index in [1.165, 1.54) is 19.8 Å². The summed E-state index contributed by atoms with van der Waals surface area (Å²) in [4.78, 5) is 1.38. The molecule has 2 rings (SSSR count). The lowest BCUT2D eigenvalue weighted by Crippen LogP contribution is -2.23. The topological polar surface area (TPSA) is 21.3 Å². The van der Waals surface area contributed by atoms with Gasteiger partial charge in [0.15, 0.2) is 0 Å². The second-order valence-corrected chi connectivity index (χ2v) is 7.57. The summed E-state index contributed by atoms with van der Waals surface area (Å²) in [7, 11) is 1.71. The molecule has 0 aliphatic carbocycles. The van der Waals surface area contributed by atoms with E-state index < -0.39 is 0 Å². The lowest BCUT2D eigenvalue weighted by Gasteiger charge is -2.17. The third-order valence-electron chi connectivity index (χ3n) is 3.43. The summed E-state index contributed by atoms with van der Waals surface area (Å²) in [5.74, 6) is 0.922. The molecule has 1 atom stereocenters. The van der Waals surface area contributed by atoms with Crippen LogP contribution in [0.25, 0.3) is 0 Å². The first-order chi connectivity index (χ1) is 10.1. The van der Waals surface area contributed by atoms with Gasteiger partial charge in [-0.05, 0) is 71.6 Å². The molecular weight excluding hydrogens is 346 g/mol. The van der Waals surface area contributed by atoms with Crippen molar-refractivity contribution in [2.24, 2.45) is 0 Å². The van der Waals surface area contributed by atoms with Crippen LogP contribution in [-0.4, -0.2) is 13.7 Å². The average Bonchev–Trinajstić information content (AvgIpc) is 2.83. The monoisotopic (exact) mass is 367 g/mol. The minimum atomic E-state index is 0.354. The minimum Gasteiger partial charge on any atom is -0.497 e. The van der Waals surface area contributed by atoms with Crippen LogP contribution < -0.4 is 10.1 Å². The third kappa shape index (κ3) is 4.56. The smallest absolute Gasteiger partial charge is 0.119 e. The Hall–Kier alpha value is -0.840. The molecule has 21 heavy (non-hydrogen) atoms. The minimum absolute atomic E-state index is 0.354. The molecular formula is C17H22BrNOS. The van der Waals surface area contributed by atoms with Crippen LogP contribution in [0.1, 0.15) is 35.4 Å². The lowest BCUT2D eigenvalue weighted by atomic mass is 10.0. The number of nitrogens with one attached hydrogen (secondary N) is 1. The predicted molar refractivity (Wildman–Crippen MR) is 94.5 cm³/mol. The van der Waals surface area contributed by atoms with E-state index >= 15 is 0 Å². The van der Waals surface area contributed by atoms with Crippen LogP contribution in [-0.2, 0) is 6.42 Å². The highest BCUT2D eigenvalue weighted by Gasteiger charge is 2.15. The van der Waals surface area contributed by atoms with Gasteiger partial charge in [-0.25, -0.2) is 0 Å². The Bertz CT molecular complexity index is 562. The van der Waals surface area contributed by atoms with E-state index in [0.717, 1.165) is 25.1 Å². The number of hydrogen-bond donors (Lipinski definition) is 1. The molecule has 1 unspecified atom stereocenters. The number of halogens is 1. The molecule has 4 heteroatoms. The average molecular weight is 368 g/mol. The predicted octanol–water partition coefficient (Wildman–Crippen LogP) is 5.11. The Morgan fingerprint density at radius 2 is 2.14 bits per heavy atom. The van der Waals surface area contributed by atoms with Crippen LogP contribution in [0.3, 0.4) is 0 Å². The summed E-state index contributed by atoms with van der Waals surface area (Å²) in [6, 6.07) is 11.0.